The Morgan fingerprint density at radius 3 is 1.85 bits per heavy atom. The first-order chi connectivity index (χ1) is 28.5. The van der Waals surface area contributed by atoms with Crippen molar-refractivity contribution in [1.82, 2.24) is 0 Å². The molecule has 0 saturated carbocycles. The molecular weight excluding hydrogens is 769 g/mol. The molecule has 59 heavy (non-hydrogen) atoms. The number of hydrogen-bond acceptors (Lipinski definition) is 10. The molecule has 0 aliphatic heterocycles. The van der Waals surface area contributed by atoms with Crippen molar-refractivity contribution in [2.45, 2.75) is 188 Å². The summed E-state index contributed by atoms with van der Waals surface area (Å²) in [7, 11) is -4.41. The standard InChI is InChI=1S/C47H80NO10P/c1-5-7-25-32-44-40(3)41(4)45(58-44)33-27-22-18-15-16-20-24-29-35-47(51)57-43(39-56-59(52,53)55-37-36-48)38-54-46(50)34-28-23-19-14-12-10-9-11-13-17-21-26-31-42(49)30-8-6-2/h9-10,13-14,17,19,26,31,42-43,49H,5-8,11-12,15-16,18,20-25,27-30,32-39,48H2,1-4H3,(H,52,53)/b10-9-,17-13-,19-14-,31-26-/t42-,43+/m0/s1. The summed E-state index contributed by atoms with van der Waals surface area (Å²) >= 11 is 0. The third-order valence-electron chi connectivity index (χ3n) is 9.99. The number of aryl methyl sites for hydroxylation is 2. The zero-order valence-corrected chi connectivity index (χ0v) is 37.9. The number of ether oxygens (including phenoxy) is 2. The van der Waals surface area contributed by atoms with Crippen molar-refractivity contribution in [2.24, 2.45) is 5.73 Å². The predicted octanol–water partition coefficient (Wildman–Crippen LogP) is 11.3. The molecule has 3 atom stereocenters. The Labute approximate surface area is 356 Å². The number of esters is 2. The lowest BCUT2D eigenvalue weighted by Gasteiger charge is -2.19. The van der Waals surface area contributed by atoms with Gasteiger partial charge < -0.3 is 29.6 Å². The van der Waals surface area contributed by atoms with Gasteiger partial charge in [0.1, 0.15) is 18.1 Å². The van der Waals surface area contributed by atoms with Gasteiger partial charge in [-0.3, -0.25) is 18.6 Å². The van der Waals surface area contributed by atoms with Crippen molar-refractivity contribution in [2.75, 3.05) is 26.4 Å². The van der Waals surface area contributed by atoms with Crippen molar-refractivity contribution >= 4 is 19.8 Å². The highest BCUT2D eigenvalue weighted by Crippen LogP contribution is 2.43. The molecule has 0 aliphatic rings. The van der Waals surface area contributed by atoms with Gasteiger partial charge in [-0.2, -0.15) is 0 Å². The third kappa shape index (κ3) is 30.0. The summed E-state index contributed by atoms with van der Waals surface area (Å²) in [5, 5.41) is 9.82. The van der Waals surface area contributed by atoms with Crippen molar-refractivity contribution in [3.05, 3.63) is 71.3 Å². The molecule has 11 nitrogen and oxygen atoms in total. The second-order valence-electron chi connectivity index (χ2n) is 15.3. The van der Waals surface area contributed by atoms with Crippen LogP contribution in [-0.2, 0) is 45.5 Å². The lowest BCUT2D eigenvalue weighted by atomic mass is 10.0. The molecule has 1 aromatic heterocycles. The van der Waals surface area contributed by atoms with E-state index < -0.39 is 32.5 Å². The monoisotopic (exact) mass is 850 g/mol. The van der Waals surface area contributed by atoms with Crippen LogP contribution in [0.5, 0.6) is 0 Å². The molecule has 0 aliphatic carbocycles. The fourth-order valence-electron chi connectivity index (χ4n) is 6.29. The van der Waals surface area contributed by atoms with Crippen LogP contribution < -0.4 is 5.73 Å². The Balaban J connectivity index is 2.30. The van der Waals surface area contributed by atoms with Crippen LogP contribution in [0.1, 0.15) is 171 Å². The Kier molecular flexibility index (Phi) is 33.0. The number of aliphatic hydroxyl groups is 1. The van der Waals surface area contributed by atoms with E-state index in [-0.39, 0.29) is 38.7 Å². The van der Waals surface area contributed by atoms with Crippen LogP contribution in [0, 0.1) is 13.8 Å². The summed E-state index contributed by atoms with van der Waals surface area (Å²) in [4.78, 5) is 35.0. The second kappa shape index (κ2) is 35.9. The van der Waals surface area contributed by atoms with Gasteiger partial charge in [-0.05, 0) is 82.8 Å². The van der Waals surface area contributed by atoms with Crippen molar-refractivity contribution in [3.63, 3.8) is 0 Å². The summed E-state index contributed by atoms with van der Waals surface area (Å²) < 4.78 is 39.0. The molecule has 4 N–H and O–H groups in total. The number of nitrogens with two attached hydrogens (primary N) is 1. The van der Waals surface area contributed by atoms with Crippen LogP contribution in [0.2, 0.25) is 0 Å². The Morgan fingerprint density at radius 2 is 1.24 bits per heavy atom. The van der Waals surface area contributed by atoms with Crippen LogP contribution in [0.25, 0.3) is 0 Å². The average molecular weight is 850 g/mol. The maximum absolute atomic E-state index is 12.7. The van der Waals surface area contributed by atoms with Crippen LogP contribution in [0.4, 0.5) is 0 Å². The fraction of sp³-hybridized carbons (Fsp3) is 0.702. The minimum Gasteiger partial charge on any atom is -0.466 e. The van der Waals surface area contributed by atoms with Gasteiger partial charge in [0, 0.05) is 32.2 Å². The number of phosphoric acid groups is 1. The van der Waals surface area contributed by atoms with E-state index in [9.17, 15) is 24.2 Å². The summed E-state index contributed by atoms with van der Waals surface area (Å²) in [6.45, 7) is 7.78. The number of carbonyl (C=O) groups is 2. The first-order valence-corrected chi connectivity index (χ1v) is 24.1. The number of phosphoric ester groups is 1. The van der Waals surface area contributed by atoms with E-state index in [1.165, 1.54) is 43.2 Å². The number of carbonyl (C=O) groups excluding carboxylic acids is 2. The summed E-state index contributed by atoms with van der Waals surface area (Å²) in [6.07, 6.45) is 35.9. The zero-order chi connectivity index (χ0) is 43.4. The van der Waals surface area contributed by atoms with Gasteiger partial charge in [0.05, 0.1) is 19.3 Å². The molecule has 0 amide bonds. The highest BCUT2D eigenvalue weighted by molar-refractivity contribution is 7.47. The predicted molar refractivity (Wildman–Crippen MR) is 238 cm³/mol. The fourth-order valence-corrected chi connectivity index (χ4v) is 7.06. The molecule has 0 spiro atoms. The maximum atomic E-state index is 12.7. The summed E-state index contributed by atoms with van der Waals surface area (Å²) in [5.74, 6) is 1.38. The van der Waals surface area contributed by atoms with E-state index in [1.807, 2.05) is 18.2 Å². The topological polar surface area (TPSA) is 168 Å². The van der Waals surface area contributed by atoms with E-state index in [2.05, 4.69) is 58.1 Å². The SMILES string of the molecule is CCCCCc1oc(CCCCCCCCCCC(=O)O[C@H](COC(=O)CCC/C=C\C/C=C\C/C=C\C/C=C\[C@@H](O)CCCC)COP(=O)(O)OCCN)c(C)c1C. The first-order valence-electron chi connectivity index (χ1n) is 22.6. The minimum atomic E-state index is -4.41. The number of furan rings is 1. The summed E-state index contributed by atoms with van der Waals surface area (Å²) in [5.41, 5.74) is 7.99. The van der Waals surface area contributed by atoms with Gasteiger partial charge >= 0.3 is 19.8 Å². The van der Waals surface area contributed by atoms with Gasteiger partial charge in [-0.25, -0.2) is 4.57 Å². The van der Waals surface area contributed by atoms with Crippen LogP contribution in [0.15, 0.2) is 53.0 Å². The van der Waals surface area contributed by atoms with Gasteiger partial charge in [0.2, 0.25) is 0 Å². The maximum Gasteiger partial charge on any atom is 0.472 e. The van der Waals surface area contributed by atoms with E-state index in [1.54, 1.807) is 0 Å². The molecule has 0 saturated heterocycles. The Bertz CT molecular complexity index is 1400. The van der Waals surface area contributed by atoms with Gasteiger partial charge in [0.15, 0.2) is 6.10 Å². The molecule has 1 heterocycles. The van der Waals surface area contributed by atoms with Crippen LogP contribution in [-0.4, -0.2) is 60.5 Å². The number of aliphatic hydroxyl groups excluding tert-OH is 1. The number of allylic oxidation sites excluding steroid dienone is 7. The van der Waals surface area contributed by atoms with Gasteiger partial charge in [0.25, 0.3) is 0 Å². The van der Waals surface area contributed by atoms with Crippen LogP contribution >= 0.6 is 7.82 Å². The number of rotatable bonds is 38. The molecule has 338 valence electrons. The molecule has 1 unspecified atom stereocenters. The van der Waals surface area contributed by atoms with Crippen molar-refractivity contribution < 1.29 is 47.1 Å². The molecule has 12 heteroatoms. The lowest BCUT2D eigenvalue weighted by Crippen LogP contribution is -2.29. The Hall–Kier alpha value is -2.79. The Morgan fingerprint density at radius 1 is 0.695 bits per heavy atom. The molecule has 0 radical (unpaired) electrons. The van der Waals surface area contributed by atoms with E-state index in [0.717, 1.165) is 95.0 Å². The van der Waals surface area contributed by atoms with Gasteiger partial charge in [-0.1, -0.05) is 127 Å². The molecule has 0 fully saturated rings. The molecule has 0 aromatic carbocycles. The van der Waals surface area contributed by atoms with E-state index in [4.69, 9.17) is 28.7 Å². The molecule has 0 bridgehead atoms. The van der Waals surface area contributed by atoms with Gasteiger partial charge in [-0.15, -0.1) is 0 Å². The first kappa shape index (κ1) is 54.2. The quantitative estimate of drug-likeness (QED) is 0.0251. The highest BCUT2D eigenvalue weighted by atomic mass is 31.2. The molecular formula is C47H80NO10P. The smallest absolute Gasteiger partial charge is 0.466 e. The summed E-state index contributed by atoms with van der Waals surface area (Å²) in [6, 6.07) is 0. The lowest BCUT2D eigenvalue weighted by molar-refractivity contribution is -0.161. The third-order valence-corrected chi connectivity index (χ3v) is 11.0. The van der Waals surface area contributed by atoms with E-state index >= 15 is 0 Å². The van der Waals surface area contributed by atoms with E-state index in [0.29, 0.717) is 19.3 Å². The average Bonchev–Trinajstić information content (AvgIpc) is 3.48. The number of unbranched alkanes of at least 4 members (excludes halogenated alkanes) is 11. The minimum absolute atomic E-state index is 0.0316. The van der Waals surface area contributed by atoms with Crippen molar-refractivity contribution in [1.29, 1.82) is 0 Å². The molecule has 1 rings (SSSR count). The second-order valence-corrected chi connectivity index (χ2v) is 16.8. The largest absolute Gasteiger partial charge is 0.472 e. The zero-order valence-electron chi connectivity index (χ0n) is 37.1. The van der Waals surface area contributed by atoms with Crippen LogP contribution in [0.3, 0.4) is 0 Å². The van der Waals surface area contributed by atoms with Crippen molar-refractivity contribution in [3.8, 4) is 0 Å². The number of hydrogen-bond donors (Lipinski definition) is 3. The molecule has 1 aromatic rings. The normalized spacial score (nSPS) is 14.2. The highest BCUT2D eigenvalue weighted by Gasteiger charge is 2.26.